The molecule has 14 heavy (non-hydrogen) atoms. The van der Waals surface area contributed by atoms with E-state index in [4.69, 9.17) is 0 Å². The number of benzene rings is 1. The molecule has 0 aliphatic heterocycles. The molecule has 0 aliphatic carbocycles. The van der Waals surface area contributed by atoms with Gasteiger partial charge in [0.25, 0.3) is 0 Å². The molecule has 0 unspecified atom stereocenters. The minimum Gasteiger partial charge on any atom is -0.387 e. The Morgan fingerprint density at radius 2 is 1.93 bits per heavy atom. The Balaban J connectivity index is 2.45. The minimum atomic E-state index is -0.326. The summed E-state index contributed by atoms with van der Waals surface area (Å²) in [5, 5.41) is 11.1. The molecule has 2 aromatic rings. The van der Waals surface area contributed by atoms with Gasteiger partial charge in [0, 0.05) is 9.58 Å². The monoisotopic (exact) mass is 206 g/mol. The van der Waals surface area contributed by atoms with Gasteiger partial charge in [-0.25, -0.2) is 0 Å². The van der Waals surface area contributed by atoms with Crippen LogP contribution in [0.1, 0.15) is 24.8 Å². The largest absolute Gasteiger partial charge is 0.387 e. The van der Waals surface area contributed by atoms with Crippen LogP contribution in [0, 0.1) is 5.92 Å². The van der Waals surface area contributed by atoms with E-state index in [1.807, 2.05) is 26.0 Å². The molecule has 2 rings (SSSR count). The SMILES string of the molecule is CC(C)[C@@H](O)c1cc2ccccc2s1. The average Bonchev–Trinajstić information content (AvgIpc) is 2.59. The van der Waals surface area contributed by atoms with Crippen molar-refractivity contribution in [1.29, 1.82) is 0 Å². The highest BCUT2D eigenvalue weighted by molar-refractivity contribution is 7.19. The zero-order chi connectivity index (χ0) is 10.1. The highest BCUT2D eigenvalue weighted by atomic mass is 32.1. The molecule has 0 saturated carbocycles. The minimum absolute atomic E-state index is 0.281. The van der Waals surface area contributed by atoms with Crippen LogP contribution in [0.15, 0.2) is 30.3 Å². The van der Waals surface area contributed by atoms with Crippen molar-refractivity contribution in [2.45, 2.75) is 20.0 Å². The Bertz CT molecular complexity index is 398. The lowest BCUT2D eigenvalue weighted by molar-refractivity contribution is 0.130. The second-order valence-electron chi connectivity index (χ2n) is 3.88. The van der Waals surface area contributed by atoms with Crippen LogP contribution in [0.3, 0.4) is 0 Å². The van der Waals surface area contributed by atoms with Gasteiger partial charge in [-0.15, -0.1) is 11.3 Å². The van der Waals surface area contributed by atoms with Gasteiger partial charge in [0.05, 0.1) is 6.10 Å². The maximum Gasteiger partial charge on any atom is 0.0905 e. The van der Waals surface area contributed by atoms with Gasteiger partial charge in [-0.1, -0.05) is 32.0 Å². The van der Waals surface area contributed by atoms with Gasteiger partial charge in [-0.05, 0) is 23.4 Å². The maximum atomic E-state index is 9.91. The van der Waals surface area contributed by atoms with Crippen LogP contribution in [0.5, 0.6) is 0 Å². The Hall–Kier alpha value is -0.860. The smallest absolute Gasteiger partial charge is 0.0905 e. The van der Waals surface area contributed by atoms with Crippen molar-refractivity contribution in [2.75, 3.05) is 0 Å². The van der Waals surface area contributed by atoms with E-state index in [9.17, 15) is 5.11 Å². The van der Waals surface area contributed by atoms with Crippen molar-refractivity contribution in [1.82, 2.24) is 0 Å². The van der Waals surface area contributed by atoms with E-state index in [-0.39, 0.29) is 12.0 Å². The summed E-state index contributed by atoms with van der Waals surface area (Å²) in [6.07, 6.45) is -0.326. The molecule has 1 aromatic heterocycles. The normalized spacial score (nSPS) is 13.7. The zero-order valence-electron chi connectivity index (χ0n) is 8.40. The highest BCUT2D eigenvalue weighted by Gasteiger charge is 2.14. The number of fused-ring (bicyclic) bond motifs is 1. The summed E-state index contributed by atoms with van der Waals surface area (Å²) in [6.45, 7) is 4.07. The average molecular weight is 206 g/mol. The number of thiophene rings is 1. The third-order valence-electron chi connectivity index (χ3n) is 2.37. The highest BCUT2D eigenvalue weighted by Crippen LogP contribution is 2.32. The molecule has 0 bridgehead atoms. The van der Waals surface area contributed by atoms with Crippen LogP contribution in [0.25, 0.3) is 10.1 Å². The van der Waals surface area contributed by atoms with Crippen LogP contribution in [0.4, 0.5) is 0 Å². The van der Waals surface area contributed by atoms with E-state index in [1.165, 1.54) is 10.1 Å². The first-order chi connectivity index (χ1) is 6.68. The lowest BCUT2D eigenvalue weighted by Crippen LogP contribution is -2.02. The van der Waals surface area contributed by atoms with Crippen LogP contribution >= 0.6 is 11.3 Å². The first kappa shape index (κ1) is 9.69. The summed E-state index contributed by atoms with van der Waals surface area (Å²) < 4.78 is 1.25. The van der Waals surface area contributed by atoms with Crippen molar-refractivity contribution in [3.63, 3.8) is 0 Å². The summed E-state index contributed by atoms with van der Waals surface area (Å²) in [7, 11) is 0. The molecule has 2 heteroatoms. The molecule has 1 heterocycles. The van der Waals surface area contributed by atoms with Crippen molar-refractivity contribution < 1.29 is 5.11 Å². The fraction of sp³-hybridized carbons (Fsp3) is 0.333. The number of rotatable bonds is 2. The number of aliphatic hydroxyl groups excluding tert-OH is 1. The Labute approximate surface area is 88.0 Å². The molecule has 1 nitrogen and oxygen atoms in total. The Morgan fingerprint density at radius 3 is 2.57 bits per heavy atom. The molecule has 0 fully saturated rings. The molecule has 0 amide bonds. The van der Waals surface area contributed by atoms with E-state index in [1.54, 1.807) is 11.3 Å². The van der Waals surface area contributed by atoms with E-state index < -0.39 is 0 Å². The first-order valence-corrected chi connectivity index (χ1v) is 5.66. The van der Waals surface area contributed by atoms with Gasteiger partial charge in [0.1, 0.15) is 0 Å². The molecular weight excluding hydrogens is 192 g/mol. The second-order valence-corrected chi connectivity index (χ2v) is 4.99. The first-order valence-electron chi connectivity index (χ1n) is 4.85. The maximum absolute atomic E-state index is 9.91. The molecule has 1 atom stereocenters. The third kappa shape index (κ3) is 1.68. The standard InChI is InChI=1S/C12H14OS/c1-8(2)12(13)11-7-9-5-3-4-6-10(9)14-11/h3-8,12-13H,1-2H3/t12-/m1/s1. The molecule has 0 saturated heterocycles. The lowest BCUT2D eigenvalue weighted by Gasteiger charge is -2.11. The fourth-order valence-corrected chi connectivity index (χ4v) is 2.70. The van der Waals surface area contributed by atoms with Crippen LogP contribution in [-0.4, -0.2) is 5.11 Å². The van der Waals surface area contributed by atoms with Gasteiger partial charge in [0.2, 0.25) is 0 Å². The van der Waals surface area contributed by atoms with Crippen LogP contribution in [-0.2, 0) is 0 Å². The van der Waals surface area contributed by atoms with E-state index in [2.05, 4.69) is 18.2 Å². The summed E-state index contributed by atoms with van der Waals surface area (Å²) in [5.41, 5.74) is 0. The van der Waals surface area contributed by atoms with Crippen LogP contribution in [0.2, 0.25) is 0 Å². The van der Waals surface area contributed by atoms with Crippen molar-refractivity contribution in [2.24, 2.45) is 5.92 Å². The van der Waals surface area contributed by atoms with Gasteiger partial charge < -0.3 is 5.11 Å². The lowest BCUT2D eigenvalue weighted by atomic mass is 10.1. The van der Waals surface area contributed by atoms with Crippen molar-refractivity contribution in [3.05, 3.63) is 35.2 Å². The van der Waals surface area contributed by atoms with Crippen LogP contribution < -0.4 is 0 Å². The number of hydrogen-bond acceptors (Lipinski definition) is 2. The predicted molar refractivity (Wildman–Crippen MR) is 61.6 cm³/mol. The van der Waals surface area contributed by atoms with Gasteiger partial charge in [-0.3, -0.25) is 0 Å². The summed E-state index contributed by atoms with van der Waals surface area (Å²) in [4.78, 5) is 1.07. The molecule has 1 N–H and O–H groups in total. The zero-order valence-corrected chi connectivity index (χ0v) is 9.21. The molecule has 74 valence electrons. The molecule has 0 radical (unpaired) electrons. The topological polar surface area (TPSA) is 20.2 Å². The Morgan fingerprint density at radius 1 is 1.21 bits per heavy atom. The Kier molecular flexibility index (Phi) is 2.57. The fourth-order valence-electron chi connectivity index (χ4n) is 1.48. The molecule has 0 spiro atoms. The van der Waals surface area contributed by atoms with Crippen molar-refractivity contribution >= 4 is 21.4 Å². The van der Waals surface area contributed by atoms with E-state index in [0.29, 0.717) is 0 Å². The van der Waals surface area contributed by atoms with E-state index >= 15 is 0 Å². The van der Waals surface area contributed by atoms with Crippen molar-refractivity contribution in [3.8, 4) is 0 Å². The summed E-state index contributed by atoms with van der Waals surface area (Å²) >= 11 is 1.68. The molecule has 0 aliphatic rings. The number of aliphatic hydroxyl groups is 1. The molecular formula is C12H14OS. The molecule has 1 aromatic carbocycles. The van der Waals surface area contributed by atoms with Gasteiger partial charge >= 0.3 is 0 Å². The van der Waals surface area contributed by atoms with Gasteiger partial charge in [-0.2, -0.15) is 0 Å². The summed E-state index contributed by atoms with van der Waals surface area (Å²) in [6, 6.07) is 10.3. The summed E-state index contributed by atoms with van der Waals surface area (Å²) in [5.74, 6) is 0.281. The second kappa shape index (κ2) is 3.71. The quantitative estimate of drug-likeness (QED) is 0.796. The third-order valence-corrected chi connectivity index (χ3v) is 3.55. The number of hydrogen-bond donors (Lipinski definition) is 1. The van der Waals surface area contributed by atoms with E-state index in [0.717, 1.165) is 4.88 Å². The van der Waals surface area contributed by atoms with Gasteiger partial charge in [0.15, 0.2) is 0 Å². The predicted octanol–water partition coefficient (Wildman–Crippen LogP) is 3.59.